The van der Waals surface area contributed by atoms with Crippen LogP contribution in [0.1, 0.15) is 29.6 Å². The van der Waals surface area contributed by atoms with E-state index in [0.717, 1.165) is 24.6 Å². The fraction of sp³-hybridized carbons (Fsp3) is 0.438. The van der Waals surface area contributed by atoms with Crippen LogP contribution >= 0.6 is 11.8 Å². The zero-order valence-corrected chi connectivity index (χ0v) is 13.3. The summed E-state index contributed by atoms with van der Waals surface area (Å²) in [6.07, 6.45) is 1.84. The second-order valence-corrected chi connectivity index (χ2v) is 6.83. The molecule has 2 aliphatic heterocycles. The highest BCUT2D eigenvalue weighted by Gasteiger charge is 2.41. The van der Waals surface area contributed by atoms with Gasteiger partial charge in [-0.25, -0.2) is 4.79 Å². The number of thioether (sulfide) groups is 1. The first-order valence-corrected chi connectivity index (χ1v) is 8.39. The minimum atomic E-state index is -1.04. The molecule has 0 aliphatic carbocycles. The number of hydrogen-bond acceptors (Lipinski definition) is 5. The fourth-order valence-corrected chi connectivity index (χ4v) is 4.03. The summed E-state index contributed by atoms with van der Waals surface area (Å²) in [7, 11) is 0. The van der Waals surface area contributed by atoms with Crippen molar-refractivity contribution in [3.63, 3.8) is 0 Å². The second-order valence-electron chi connectivity index (χ2n) is 5.59. The van der Waals surface area contributed by atoms with Crippen LogP contribution in [-0.2, 0) is 14.3 Å². The maximum absolute atomic E-state index is 12.5. The van der Waals surface area contributed by atoms with E-state index in [-0.39, 0.29) is 29.9 Å². The number of carboxylic acids is 1. The predicted molar refractivity (Wildman–Crippen MR) is 83.4 cm³/mol. The maximum atomic E-state index is 12.5. The molecule has 3 rings (SSSR count). The number of imide groups is 1. The van der Waals surface area contributed by atoms with E-state index < -0.39 is 11.2 Å². The van der Waals surface area contributed by atoms with Crippen molar-refractivity contribution in [2.24, 2.45) is 0 Å². The molecule has 23 heavy (non-hydrogen) atoms. The first kappa shape index (κ1) is 16.0. The monoisotopic (exact) mass is 335 g/mol. The number of nitrogens with zero attached hydrogens (tertiary/aromatic N) is 1. The van der Waals surface area contributed by atoms with E-state index in [4.69, 9.17) is 4.74 Å². The summed E-state index contributed by atoms with van der Waals surface area (Å²) in [5.41, 5.74) is 0.148. The standard InChI is InChI=1S/C16H17NO5S/c18-14-8-13(15(19)17(14)9-10-4-3-7-22-10)23-12-6-2-1-5-11(12)16(20)21/h1-2,5-6,10,13H,3-4,7-9H2,(H,20,21)/t10-,13-/m1/s1. The molecule has 0 unspecified atom stereocenters. The Kier molecular flexibility index (Phi) is 4.68. The van der Waals surface area contributed by atoms with Gasteiger partial charge in [0.15, 0.2) is 0 Å². The summed E-state index contributed by atoms with van der Waals surface area (Å²) in [5, 5.41) is 8.64. The summed E-state index contributed by atoms with van der Waals surface area (Å²) in [6, 6.07) is 6.52. The predicted octanol–water partition coefficient (Wildman–Crippen LogP) is 1.78. The van der Waals surface area contributed by atoms with E-state index >= 15 is 0 Å². The molecule has 2 aliphatic rings. The molecule has 1 aromatic carbocycles. The molecule has 0 aromatic heterocycles. The summed E-state index contributed by atoms with van der Waals surface area (Å²) in [5.74, 6) is -1.51. The minimum absolute atomic E-state index is 0.0713. The van der Waals surface area contributed by atoms with Gasteiger partial charge in [-0.3, -0.25) is 14.5 Å². The molecule has 2 saturated heterocycles. The average Bonchev–Trinajstić information content (AvgIpc) is 3.12. The van der Waals surface area contributed by atoms with Crippen LogP contribution in [0, 0.1) is 0 Å². The van der Waals surface area contributed by atoms with Gasteiger partial charge in [0.25, 0.3) is 0 Å². The number of carbonyl (C=O) groups excluding carboxylic acids is 2. The van der Waals surface area contributed by atoms with Gasteiger partial charge >= 0.3 is 5.97 Å². The first-order valence-electron chi connectivity index (χ1n) is 7.51. The smallest absolute Gasteiger partial charge is 0.336 e. The lowest BCUT2D eigenvalue weighted by atomic mass is 10.2. The largest absolute Gasteiger partial charge is 0.478 e. The molecule has 0 saturated carbocycles. The Balaban J connectivity index is 1.71. The highest BCUT2D eigenvalue weighted by Crippen LogP contribution is 2.34. The molecule has 0 spiro atoms. The molecule has 2 fully saturated rings. The lowest BCUT2D eigenvalue weighted by Gasteiger charge is -2.18. The zero-order valence-electron chi connectivity index (χ0n) is 12.4. The van der Waals surface area contributed by atoms with E-state index in [1.54, 1.807) is 18.2 Å². The Hall–Kier alpha value is -1.86. The van der Waals surface area contributed by atoms with Crippen molar-refractivity contribution in [3.8, 4) is 0 Å². The third-order valence-corrected chi connectivity index (χ3v) is 5.26. The molecular weight excluding hydrogens is 318 g/mol. The molecule has 2 heterocycles. The van der Waals surface area contributed by atoms with Gasteiger partial charge in [-0.05, 0) is 25.0 Å². The van der Waals surface area contributed by atoms with Crippen LogP contribution in [0.2, 0.25) is 0 Å². The van der Waals surface area contributed by atoms with E-state index in [1.807, 2.05) is 0 Å². The van der Waals surface area contributed by atoms with Crippen LogP contribution < -0.4 is 0 Å². The topological polar surface area (TPSA) is 83.9 Å². The first-order chi connectivity index (χ1) is 11.1. The van der Waals surface area contributed by atoms with Gasteiger partial charge in [-0.15, -0.1) is 11.8 Å². The zero-order chi connectivity index (χ0) is 16.4. The van der Waals surface area contributed by atoms with Crippen LogP contribution in [0.4, 0.5) is 0 Å². The number of benzene rings is 1. The summed E-state index contributed by atoms with van der Waals surface area (Å²) in [6.45, 7) is 0.973. The summed E-state index contributed by atoms with van der Waals surface area (Å²) >= 11 is 1.15. The van der Waals surface area contributed by atoms with Gasteiger partial charge in [0.05, 0.1) is 23.5 Å². The second kappa shape index (κ2) is 6.72. The van der Waals surface area contributed by atoms with Crippen molar-refractivity contribution >= 4 is 29.5 Å². The number of aromatic carboxylic acids is 1. The molecule has 1 aromatic rings. The normalized spacial score (nSPS) is 24.4. The third-order valence-electron chi connectivity index (χ3n) is 4.00. The molecule has 7 heteroatoms. The van der Waals surface area contributed by atoms with E-state index in [0.29, 0.717) is 18.0 Å². The molecular formula is C16H17NO5S. The molecule has 0 radical (unpaired) electrons. The number of amides is 2. The Morgan fingerprint density at radius 1 is 1.35 bits per heavy atom. The van der Waals surface area contributed by atoms with Crippen molar-refractivity contribution in [1.82, 2.24) is 4.90 Å². The molecule has 0 bridgehead atoms. The van der Waals surface area contributed by atoms with Gasteiger partial charge in [0.2, 0.25) is 11.8 Å². The van der Waals surface area contributed by atoms with E-state index in [2.05, 4.69) is 0 Å². The Labute approximate surface area is 137 Å². The highest BCUT2D eigenvalue weighted by atomic mass is 32.2. The number of hydrogen-bond donors (Lipinski definition) is 1. The van der Waals surface area contributed by atoms with Crippen molar-refractivity contribution in [2.45, 2.75) is 35.5 Å². The SMILES string of the molecule is O=C(O)c1ccccc1S[C@@H]1CC(=O)N(C[C@H]2CCCO2)C1=O. The third kappa shape index (κ3) is 3.40. The summed E-state index contributed by atoms with van der Waals surface area (Å²) < 4.78 is 5.49. The lowest BCUT2D eigenvalue weighted by Crippen LogP contribution is -2.37. The van der Waals surface area contributed by atoms with Gasteiger partial charge in [-0.1, -0.05) is 12.1 Å². The molecule has 2 atom stereocenters. The van der Waals surface area contributed by atoms with Gasteiger partial charge < -0.3 is 9.84 Å². The average molecular weight is 335 g/mol. The van der Waals surface area contributed by atoms with Crippen LogP contribution in [0.15, 0.2) is 29.2 Å². The van der Waals surface area contributed by atoms with Crippen molar-refractivity contribution in [2.75, 3.05) is 13.2 Å². The number of carbonyl (C=O) groups is 3. The van der Waals surface area contributed by atoms with E-state index in [1.165, 1.54) is 11.0 Å². The quantitative estimate of drug-likeness (QED) is 0.826. The Bertz CT molecular complexity index is 641. The van der Waals surface area contributed by atoms with Crippen LogP contribution in [-0.4, -0.2) is 52.3 Å². The fourth-order valence-electron chi connectivity index (χ4n) is 2.83. The number of carboxylic acid groups (broad SMARTS) is 1. The Morgan fingerprint density at radius 3 is 2.83 bits per heavy atom. The summed E-state index contributed by atoms with van der Waals surface area (Å²) in [4.78, 5) is 37.6. The Morgan fingerprint density at radius 2 is 2.13 bits per heavy atom. The molecule has 2 amide bonds. The molecule has 6 nitrogen and oxygen atoms in total. The van der Waals surface area contributed by atoms with Gasteiger partial charge in [-0.2, -0.15) is 0 Å². The maximum Gasteiger partial charge on any atom is 0.336 e. The van der Waals surface area contributed by atoms with E-state index in [9.17, 15) is 19.5 Å². The lowest BCUT2D eigenvalue weighted by molar-refractivity contribution is -0.140. The molecule has 1 N–H and O–H groups in total. The number of ether oxygens (including phenoxy) is 1. The van der Waals surface area contributed by atoms with Crippen LogP contribution in [0.3, 0.4) is 0 Å². The number of rotatable bonds is 5. The van der Waals surface area contributed by atoms with Crippen LogP contribution in [0.5, 0.6) is 0 Å². The minimum Gasteiger partial charge on any atom is -0.478 e. The van der Waals surface area contributed by atoms with Crippen molar-refractivity contribution in [3.05, 3.63) is 29.8 Å². The van der Waals surface area contributed by atoms with Gasteiger partial charge in [0.1, 0.15) is 0 Å². The van der Waals surface area contributed by atoms with Crippen molar-refractivity contribution < 1.29 is 24.2 Å². The molecule has 122 valence electrons. The highest BCUT2D eigenvalue weighted by molar-refractivity contribution is 8.00. The van der Waals surface area contributed by atoms with Gasteiger partial charge in [0, 0.05) is 17.9 Å². The number of likely N-dealkylation sites (tertiary alicyclic amines) is 1. The van der Waals surface area contributed by atoms with Crippen molar-refractivity contribution in [1.29, 1.82) is 0 Å². The van der Waals surface area contributed by atoms with Crippen LogP contribution in [0.25, 0.3) is 0 Å².